The Morgan fingerprint density at radius 2 is 1.84 bits per heavy atom. The summed E-state index contributed by atoms with van der Waals surface area (Å²) < 4.78 is 15.6. The van der Waals surface area contributed by atoms with Gasteiger partial charge in [-0.2, -0.15) is 4.98 Å². The molecule has 0 radical (unpaired) electrons. The Kier molecular flexibility index (Phi) is 5.57. The van der Waals surface area contributed by atoms with Crippen molar-refractivity contribution >= 4 is 11.9 Å². The molecule has 0 unspecified atom stereocenters. The zero-order chi connectivity index (χ0) is 21.4. The molecule has 2 aliphatic carbocycles. The van der Waals surface area contributed by atoms with Crippen molar-refractivity contribution in [3.8, 4) is 11.4 Å². The van der Waals surface area contributed by atoms with E-state index in [9.17, 15) is 9.18 Å². The highest BCUT2D eigenvalue weighted by Crippen LogP contribution is 2.53. The molecule has 1 aromatic carbocycles. The highest BCUT2D eigenvalue weighted by atomic mass is 19.1. The maximum atomic E-state index is 13.5. The average molecular weight is 425 g/mol. The van der Waals surface area contributed by atoms with E-state index in [0.717, 1.165) is 50.0 Å². The first-order chi connectivity index (χ1) is 15.1. The van der Waals surface area contributed by atoms with Gasteiger partial charge >= 0.3 is 0 Å². The molecule has 0 saturated heterocycles. The molecule has 2 heterocycles. The first-order valence-corrected chi connectivity index (χ1v) is 12.2. The fraction of sp³-hybridized carbons (Fsp3) is 0.640. The molecule has 2 atom stereocenters. The zero-order valence-electron chi connectivity index (χ0n) is 18.5. The second-order valence-corrected chi connectivity index (χ2v) is 9.64. The van der Waals surface area contributed by atoms with E-state index in [1.165, 1.54) is 44.2 Å². The Labute approximate surface area is 184 Å². The molecule has 2 fully saturated rings. The number of amides is 1. The van der Waals surface area contributed by atoms with Gasteiger partial charge in [0.15, 0.2) is 5.82 Å². The molecule has 1 spiro atoms. The maximum absolute atomic E-state index is 13.5. The van der Waals surface area contributed by atoms with Crippen LogP contribution in [0.5, 0.6) is 0 Å². The largest absolute Gasteiger partial charge is 0.277 e. The number of hydrogen-bond donors (Lipinski definition) is 0. The van der Waals surface area contributed by atoms with Crippen LogP contribution < -0.4 is 4.90 Å². The molecule has 2 aromatic rings. The van der Waals surface area contributed by atoms with Crippen LogP contribution in [0, 0.1) is 11.7 Å². The van der Waals surface area contributed by atoms with Crippen molar-refractivity contribution < 1.29 is 9.18 Å². The highest BCUT2D eigenvalue weighted by Gasteiger charge is 2.54. The number of halogens is 1. The Morgan fingerprint density at radius 3 is 2.58 bits per heavy atom. The first-order valence-electron chi connectivity index (χ1n) is 12.2. The van der Waals surface area contributed by atoms with E-state index in [1.807, 2.05) is 4.90 Å². The van der Waals surface area contributed by atoms with Crippen molar-refractivity contribution in [2.75, 3.05) is 4.90 Å². The number of rotatable bonds is 4. The smallest absolute Gasteiger partial charge is 0.231 e. The van der Waals surface area contributed by atoms with E-state index in [1.54, 1.807) is 12.1 Å². The lowest BCUT2D eigenvalue weighted by molar-refractivity contribution is -0.121. The van der Waals surface area contributed by atoms with Gasteiger partial charge in [-0.25, -0.2) is 9.07 Å². The molecule has 3 aliphatic rings. The summed E-state index contributed by atoms with van der Waals surface area (Å²) in [4.78, 5) is 20.4. The number of unbranched alkanes of at least 4 members (excludes halogenated alkanes) is 1. The third-order valence-electron chi connectivity index (χ3n) is 7.81. The van der Waals surface area contributed by atoms with Gasteiger partial charge in [-0.3, -0.25) is 9.69 Å². The van der Waals surface area contributed by atoms with E-state index < -0.39 is 0 Å². The number of anilines is 1. The van der Waals surface area contributed by atoms with Gasteiger partial charge in [-0.05, 0) is 56.4 Å². The van der Waals surface area contributed by atoms with Gasteiger partial charge in [-0.1, -0.05) is 45.4 Å². The lowest BCUT2D eigenvalue weighted by atomic mass is 9.64. The number of carbonyl (C=O) groups excluding carboxylic acids is 1. The number of fused-ring (bicyclic) bond motifs is 4. The normalized spacial score (nSPS) is 24.6. The third kappa shape index (κ3) is 3.48. The molecule has 5 nitrogen and oxygen atoms in total. The van der Waals surface area contributed by atoms with Gasteiger partial charge < -0.3 is 0 Å². The molecule has 1 aromatic heterocycles. The number of nitrogens with zero attached hydrogens (tertiary/aromatic N) is 4. The number of hydrogen-bond acceptors (Lipinski definition) is 3. The molecule has 1 aliphatic heterocycles. The quantitative estimate of drug-likeness (QED) is 0.620. The summed E-state index contributed by atoms with van der Waals surface area (Å²) >= 11 is 0. The zero-order valence-corrected chi connectivity index (χ0v) is 18.5. The van der Waals surface area contributed by atoms with Gasteiger partial charge in [0.25, 0.3) is 0 Å². The minimum absolute atomic E-state index is 0.0362. The van der Waals surface area contributed by atoms with E-state index in [4.69, 9.17) is 10.1 Å². The summed E-state index contributed by atoms with van der Waals surface area (Å²) in [6.45, 7) is 2.12. The SMILES string of the molecule is CCCCC(=O)N1c2nc(-c3ccc(F)cc3)nn2C2(CCCCC2)[C@@H]2CCCC[C@@H]21. The van der Waals surface area contributed by atoms with Crippen molar-refractivity contribution in [2.45, 2.75) is 95.6 Å². The van der Waals surface area contributed by atoms with Crippen LogP contribution in [0.3, 0.4) is 0 Å². The Bertz CT molecular complexity index is 931. The lowest BCUT2D eigenvalue weighted by Crippen LogP contribution is -2.61. The molecular weight excluding hydrogens is 391 g/mol. The van der Waals surface area contributed by atoms with E-state index in [0.29, 0.717) is 18.2 Å². The Morgan fingerprint density at radius 1 is 1.10 bits per heavy atom. The summed E-state index contributed by atoms with van der Waals surface area (Å²) in [7, 11) is 0. The van der Waals surface area contributed by atoms with Gasteiger partial charge in [0.1, 0.15) is 5.82 Å². The second kappa shape index (κ2) is 8.36. The van der Waals surface area contributed by atoms with Crippen LogP contribution in [0.1, 0.15) is 84.0 Å². The molecule has 6 heteroatoms. The van der Waals surface area contributed by atoms with Gasteiger partial charge in [-0.15, -0.1) is 5.10 Å². The van der Waals surface area contributed by atoms with Crippen LogP contribution in [-0.4, -0.2) is 26.7 Å². The van der Waals surface area contributed by atoms with Crippen LogP contribution in [0.2, 0.25) is 0 Å². The minimum Gasteiger partial charge on any atom is -0.277 e. The molecule has 0 bridgehead atoms. The van der Waals surface area contributed by atoms with E-state index in [2.05, 4.69) is 11.6 Å². The summed E-state index contributed by atoms with van der Waals surface area (Å²) in [5.41, 5.74) is 0.768. The molecule has 2 saturated carbocycles. The molecule has 0 N–H and O–H groups in total. The highest BCUT2D eigenvalue weighted by molar-refractivity contribution is 5.93. The van der Waals surface area contributed by atoms with Crippen LogP contribution in [0.25, 0.3) is 11.4 Å². The number of aromatic nitrogens is 3. The summed E-state index contributed by atoms with van der Waals surface area (Å²) in [6, 6.07) is 6.61. The van der Waals surface area contributed by atoms with Crippen molar-refractivity contribution in [3.05, 3.63) is 30.1 Å². The van der Waals surface area contributed by atoms with Crippen LogP contribution >= 0.6 is 0 Å². The number of carbonyl (C=O) groups is 1. The summed E-state index contributed by atoms with van der Waals surface area (Å²) in [5, 5.41) is 5.02. The predicted octanol–water partition coefficient (Wildman–Crippen LogP) is 5.84. The molecule has 166 valence electrons. The van der Waals surface area contributed by atoms with Crippen molar-refractivity contribution in [1.29, 1.82) is 0 Å². The standard InChI is InChI=1S/C25H33FN4O/c1-2-3-11-22(31)29-21-10-6-5-9-20(21)25(16-7-4-8-17-25)30-24(29)27-23(28-30)18-12-14-19(26)15-13-18/h12-15,20-21H,2-11,16-17H2,1H3/t20-,21+/m1/s1. The van der Waals surface area contributed by atoms with Crippen LogP contribution in [-0.2, 0) is 10.3 Å². The van der Waals surface area contributed by atoms with Crippen molar-refractivity contribution in [1.82, 2.24) is 14.8 Å². The van der Waals surface area contributed by atoms with Gasteiger partial charge in [0, 0.05) is 23.9 Å². The monoisotopic (exact) mass is 424 g/mol. The molecular formula is C25H33FN4O. The minimum atomic E-state index is -0.265. The van der Waals surface area contributed by atoms with Gasteiger partial charge in [0.05, 0.1) is 5.54 Å². The topological polar surface area (TPSA) is 51.0 Å². The first kappa shape index (κ1) is 20.7. The predicted molar refractivity (Wildman–Crippen MR) is 119 cm³/mol. The maximum Gasteiger partial charge on any atom is 0.231 e. The molecule has 1 amide bonds. The summed E-state index contributed by atoms with van der Waals surface area (Å²) in [5.74, 6) is 1.70. The molecule has 31 heavy (non-hydrogen) atoms. The second-order valence-electron chi connectivity index (χ2n) is 9.64. The van der Waals surface area contributed by atoms with E-state index in [-0.39, 0.29) is 23.3 Å². The third-order valence-corrected chi connectivity index (χ3v) is 7.81. The fourth-order valence-electron chi connectivity index (χ4n) is 6.32. The summed E-state index contributed by atoms with van der Waals surface area (Å²) in [6.07, 6.45) is 13.0. The van der Waals surface area contributed by atoms with Crippen molar-refractivity contribution in [2.24, 2.45) is 5.92 Å². The average Bonchev–Trinajstić information content (AvgIpc) is 3.25. The van der Waals surface area contributed by atoms with Crippen LogP contribution in [0.4, 0.5) is 10.3 Å². The van der Waals surface area contributed by atoms with E-state index >= 15 is 0 Å². The molecule has 5 rings (SSSR count). The number of benzene rings is 1. The Hall–Kier alpha value is -2.24. The van der Waals surface area contributed by atoms with Gasteiger partial charge in [0.2, 0.25) is 11.9 Å². The Balaban J connectivity index is 1.65. The van der Waals surface area contributed by atoms with Crippen molar-refractivity contribution in [3.63, 3.8) is 0 Å². The van der Waals surface area contributed by atoms with Crippen LogP contribution in [0.15, 0.2) is 24.3 Å². The fourth-order valence-corrected chi connectivity index (χ4v) is 6.32. The lowest BCUT2D eigenvalue weighted by Gasteiger charge is -2.55.